The lowest BCUT2D eigenvalue weighted by Gasteiger charge is -2.42. The van der Waals surface area contributed by atoms with Gasteiger partial charge in [-0.05, 0) is 39.5 Å². The average Bonchev–Trinajstić information content (AvgIpc) is 2.43. The molecule has 0 bridgehead atoms. The molecule has 1 aromatic carbocycles. The number of nitrogens with zero attached hydrogens (tertiary/aromatic N) is 2. The number of likely N-dealkylation sites (N-methyl/N-ethyl adjacent to an activating group) is 3. The first-order valence-corrected chi connectivity index (χ1v) is 7.78. The van der Waals surface area contributed by atoms with E-state index in [1.165, 1.54) is 17.7 Å². The number of hydrogen-bond acceptors (Lipinski definition) is 3. The molecule has 3 heteroatoms. The first-order valence-electron chi connectivity index (χ1n) is 7.78. The van der Waals surface area contributed by atoms with Crippen molar-refractivity contribution in [3.05, 3.63) is 35.4 Å². The Balaban J connectivity index is 2.07. The highest BCUT2D eigenvalue weighted by atomic mass is 15.3. The third-order valence-electron chi connectivity index (χ3n) is 4.41. The smallest absolute Gasteiger partial charge is 0.0377 e. The highest BCUT2D eigenvalue weighted by Gasteiger charge is 2.29. The summed E-state index contributed by atoms with van der Waals surface area (Å²) >= 11 is 0. The van der Waals surface area contributed by atoms with Crippen LogP contribution in [0.1, 0.15) is 18.1 Å². The topological polar surface area (TPSA) is 18.5 Å². The first kappa shape index (κ1) is 15.5. The molecule has 0 amide bonds. The zero-order valence-corrected chi connectivity index (χ0v) is 13.4. The van der Waals surface area contributed by atoms with Crippen LogP contribution in [0, 0.1) is 6.92 Å². The number of piperazine rings is 1. The molecule has 2 unspecified atom stereocenters. The van der Waals surface area contributed by atoms with Gasteiger partial charge >= 0.3 is 0 Å². The molecule has 3 nitrogen and oxygen atoms in total. The van der Waals surface area contributed by atoms with E-state index in [1.807, 2.05) is 0 Å². The fourth-order valence-corrected chi connectivity index (χ4v) is 3.06. The Morgan fingerprint density at radius 3 is 2.55 bits per heavy atom. The summed E-state index contributed by atoms with van der Waals surface area (Å²) in [6, 6.07) is 10.1. The minimum absolute atomic E-state index is 0.524. The lowest BCUT2D eigenvalue weighted by molar-refractivity contribution is 0.0881. The van der Waals surface area contributed by atoms with Gasteiger partial charge in [-0.25, -0.2) is 0 Å². The molecule has 0 aliphatic carbocycles. The van der Waals surface area contributed by atoms with Crippen molar-refractivity contribution in [1.82, 2.24) is 15.1 Å². The molecule has 0 radical (unpaired) electrons. The molecule has 1 aliphatic heterocycles. The monoisotopic (exact) mass is 275 g/mol. The summed E-state index contributed by atoms with van der Waals surface area (Å²) in [7, 11) is 4.49. The standard InChI is InChI=1S/C17H29N3/c1-5-18-16(12-15-8-6-14(2)7-9-15)17-13-19(3)10-11-20(17)4/h6-9,16-18H,5,10-13H2,1-4H3. The predicted molar refractivity (Wildman–Crippen MR) is 86.3 cm³/mol. The summed E-state index contributed by atoms with van der Waals surface area (Å²) in [5.74, 6) is 0. The van der Waals surface area contributed by atoms with Gasteiger partial charge in [-0.15, -0.1) is 0 Å². The Kier molecular flexibility index (Phi) is 5.58. The number of nitrogens with one attached hydrogen (secondary N) is 1. The molecule has 1 aromatic rings. The van der Waals surface area contributed by atoms with Gasteiger partial charge in [-0.3, -0.25) is 4.90 Å². The molecule has 1 aliphatic rings. The molecule has 1 N–H and O–H groups in total. The van der Waals surface area contributed by atoms with Crippen molar-refractivity contribution >= 4 is 0 Å². The van der Waals surface area contributed by atoms with Gasteiger partial charge in [0.2, 0.25) is 0 Å². The van der Waals surface area contributed by atoms with Crippen molar-refractivity contribution in [2.75, 3.05) is 40.3 Å². The Morgan fingerprint density at radius 2 is 1.90 bits per heavy atom. The first-order chi connectivity index (χ1) is 9.60. The highest BCUT2D eigenvalue weighted by Crippen LogP contribution is 2.15. The van der Waals surface area contributed by atoms with Gasteiger partial charge in [0.1, 0.15) is 0 Å². The number of aryl methyl sites for hydroxylation is 1. The largest absolute Gasteiger partial charge is 0.312 e. The molecule has 112 valence electrons. The van der Waals surface area contributed by atoms with Crippen molar-refractivity contribution < 1.29 is 0 Å². The molecule has 0 aromatic heterocycles. The Morgan fingerprint density at radius 1 is 1.20 bits per heavy atom. The van der Waals surface area contributed by atoms with Crippen molar-refractivity contribution in [2.24, 2.45) is 0 Å². The van der Waals surface area contributed by atoms with E-state index in [9.17, 15) is 0 Å². The fraction of sp³-hybridized carbons (Fsp3) is 0.647. The van der Waals surface area contributed by atoms with Gasteiger partial charge < -0.3 is 10.2 Å². The quantitative estimate of drug-likeness (QED) is 0.883. The zero-order valence-electron chi connectivity index (χ0n) is 13.4. The summed E-state index contributed by atoms with van der Waals surface area (Å²) in [4.78, 5) is 4.96. The zero-order chi connectivity index (χ0) is 14.5. The van der Waals surface area contributed by atoms with Crippen LogP contribution in [0.4, 0.5) is 0 Å². The van der Waals surface area contributed by atoms with Crippen molar-refractivity contribution in [2.45, 2.75) is 32.4 Å². The third-order valence-corrected chi connectivity index (χ3v) is 4.41. The molecule has 0 saturated carbocycles. The maximum absolute atomic E-state index is 3.70. The van der Waals surface area contributed by atoms with Gasteiger partial charge in [0.05, 0.1) is 0 Å². The second kappa shape index (κ2) is 7.21. The SMILES string of the molecule is CCNC(Cc1ccc(C)cc1)C1CN(C)CCN1C. The van der Waals surface area contributed by atoms with Crippen molar-refractivity contribution in [3.8, 4) is 0 Å². The number of benzene rings is 1. The van der Waals surface area contributed by atoms with E-state index in [4.69, 9.17) is 0 Å². The van der Waals surface area contributed by atoms with Crippen molar-refractivity contribution in [3.63, 3.8) is 0 Å². The minimum atomic E-state index is 0.524. The predicted octanol–water partition coefficient (Wildman–Crippen LogP) is 1.76. The van der Waals surface area contributed by atoms with E-state index in [0.717, 1.165) is 26.1 Å². The Labute approximate surface area is 124 Å². The van der Waals surface area contributed by atoms with Gasteiger partial charge in [-0.2, -0.15) is 0 Å². The maximum Gasteiger partial charge on any atom is 0.0377 e. The summed E-state index contributed by atoms with van der Waals surface area (Å²) in [6.45, 7) is 8.88. The highest BCUT2D eigenvalue weighted by molar-refractivity contribution is 5.22. The number of hydrogen-bond donors (Lipinski definition) is 1. The molecule has 20 heavy (non-hydrogen) atoms. The molecule has 2 atom stereocenters. The number of rotatable bonds is 5. The van der Waals surface area contributed by atoms with Crippen molar-refractivity contribution in [1.29, 1.82) is 0 Å². The molecular weight excluding hydrogens is 246 g/mol. The van der Waals surface area contributed by atoms with E-state index < -0.39 is 0 Å². The molecule has 1 heterocycles. The second-order valence-corrected chi connectivity index (χ2v) is 6.16. The molecule has 0 spiro atoms. The molecular formula is C17H29N3. The second-order valence-electron chi connectivity index (χ2n) is 6.16. The van der Waals surface area contributed by atoms with Crippen LogP contribution >= 0.6 is 0 Å². The molecule has 1 fully saturated rings. The van der Waals surface area contributed by atoms with Gasteiger partial charge in [-0.1, -0.05) is 36.8 Å². The Hall–Kier alpha value is -0.900. The van der Waals surface area contributed by atoms with Crippen LogP contribution in [-0.4, -0.2) is 62.2 Å². The van der Waals surface area contributed by atoms with E-state index in [2.05, 4.69) is 67.3 Å². The summed E-state index contributed by atoms with van der Waals surface area (Å²) in [5, 5.41) is 3.70. The van der Waals surface area contributed by atoms with Crippen LogP contribution in [0.5, 0.6) is 0 Å². The summed E-state index contributed by atoms with van der Waals surface area (Å²) < 4.78 is 0. The summed E-state index contributed by atoms with van der Waals surface area (Å²) in [6.07, 6.45) is 1.11. The normalized spacial score (nSPS) is 22.9. The van der Waals surface area contributed by atoms with Crippen LogP contribution < -0.4 is 5.32 Å². The van der Waals surface area contributed by atoms with Gasteiger partial charge in [0, 0.05) is 31.7 Å². The van der Waals surface area contributed by atoms with E-state index in [-0.39, 0.29) is 0 Å². The van der Waals surface area contributed by atoms with E-state index in [1.54, 1.807) is 0 Å². The lowest BCUT2D eigenvalue weighted by atomic mass is 9.96. The van der Waals surface area contributed by atoms with E-state index in [0.29, 0.717) is 12.1 Å². The summed E-state index contributed by atoms with van der Waals surface area (Å²) in [5.41, 5.74) is 2.77. The molecule has 1 saturated heterocycles. The van der Waals surface area contributed by atoms with Gasteiger partial charge in [0.25, 0.3) is 0 Å². The lowest BCUT2D eigenvalue weighted by Crippen LogP contribution is -2.59. The van der Waals surface area contributed by atoms with Crippen LogP contribution in [0.2, 0.25) is 0 Å². The van der Waals surface area contributed by atoms with E-state index >= 15 is 0 Å². The fourth-order valence-electron chi connectivity index (χ4n) is 3.06. The minimum Gasteiger partial charge on any atom is -0.312 e. The van der Waals surface area contributed by atoms with Crippen LogP contribution in [-0.2, 0) is 6.42 Å². The average molecular weight is 275 g/mol. The van der Waals surface area contributed by atoms with Gasteiger partial charge in [0.15, 0.2) is 0 Å². The third kappa shape index (κ3) is 4.05. The maximum atomic E-state index is 3.70. The Bertz CT molecular complexity index is 401. The van der Waals surface area contributed by atoms with Crippen LogP contribution in [0.3, 0.4) is 0 Å². The van der Waals surface area contributed by atoms with Crippen LogP contribution in [0.25, 0.3) is 0 Å². The van der Waals surface area contributed by atoms with Crippen LogP contribution in [0.15, 0.2) is 24.3 Å². The molecule has 2 rings (SSSR count).